The number of rotatable bonds is 5. The van der Waals surface area contributed by atoms with Gasteiger partial charge in [-0.1, -0.05) is 30.3 Å². The molecule has 0 atom stereocenters. The predicted molar refractivity (Wildman–Crippen MR) is 113 cm³/mol. The van der Waals surface area contributed by atoms with Gasteiger partial charge in [-0.3, -0.25) is 9.78 Å². The summed E-state index contributed by atoms with van der Waals surface area (Å²) in [6.07, 6.45) is 0.122. The second kappa shape index (κ2) is 9.38. The van der Waals surface area contributed by atoms with Crippen molar-refractivity contribution in [2.75, 3.05) is 19.7 Å². The molecule has 32 heavy (non-hydrogen) atoms. The molecule has 1 aliphatic heterocycles. The Balaban J connectivity index is 1.37. The Morgan fingerprint density at radius 1 is 1.03 bits per heavy atom. The number of carbonyl (C=O) groups is 1. The lowest BCUT2D eigenvalue weighted by Crippen LogP contribution is -2.40. The SMILES string of the molecule is O=C(COc1ccccc1)N1CCC(c2cncc(-c3cccc(C(F)(F)F)c3)n2)CC1. The van der Waals surface area contributed by atoms with Crippen LogP contribution in [0.2, 0.25) is 0 Å². The van der Waals surface area contributed by atoms with E-state index in [1.54, 1.807) is 29.3 Å². The van der Waals surface area contributed by atoms with Crippen LogP contribution >= 0.6 is 0 Å². The van der Waals surface area contributed by atoms with Crippen molar-refractivity contribution in [1.82, 2.24) is 14.9 Å². The molecule has 2 heterocycles. The zero-order chi connectivity index (χ0) is 22.6. The summed E-state index contributed by atoms with van der Waals surface area (Å²) in [7, 11) is 0. The number of alkyl halides is 3. The van der Waals surface area contributed by atoms with Gasteiger partial charge in [0.2, 0.25) is 0 Å². The smallest absolute Gasteiger partial charge is 0.416 e. The molecule has 1 saturated heterocycles. The molecule has 0 radical (unpaired) electrons. The van der Waals surface area contributed by atoms with Crippen molar-refractivity contribution in [2.45, 2.75) is 24.9 Å². The third kappa shape index (κ3) is 5.25. The number of hydrogen-bond acceptors (Lipinski definition) is 4. The molecular weight excluding hydrogens is 419 g/mol. The summed E-state index contributed by atoms with van der Waals surface area (Å²) in [5.74, 6) is 0.667. The number of ether oxygens (including phenoxy) is 1. The highest BCUT2D eigenvalue weighted by atomic mass is 19.4. The molecule has 5 nitrogen and oxygen atoms in total. The third-order valence-electron chi connectivity index (χ3n) is 5.51. The van der Waals surface area contributed by atoms with Crippen LogP contribution in [0.3, 0.4) is 0 Å². The number of nitrogens with zero attached hydrogens (tertiary/aromatic N) is 3. The van der Waals surface area contributed by atoms with Gasteiger partial charge in [-0.15, -0.1) is 0 Å². The van der Waals surface area contributed by atoms with Crippen LogP contribution in [0.4, 0.5) is 13.2 Å². The van der Waals surface area contributed by atoms with Crippen LogP contribution < -0.4 is 4.74 Å². The van der Waals surface area contributed by atoms with Gasteiger partial charge in [-0.2, -0.15) is 13.2 Å². The van der Waals surface area contributed by atoms with E-state index in [2.05, 4.69) is 9.97 Å². The maximum Gasteiger partial charge on any atom is 0.416 e. The van der Waals surface area contributed by atoms with Crippen molar-refractivity contribution in [3.63, 3.8) is 0 Å². The van der Waals surface area contributed by atoms with Crippen LogP contribution in [0.1, 0.15) is 30.0 Å². The van der Waals surface area contributed by atoms with Crippen LogP contribution in [-0.4, -0.2) is 40.5 Å². The average Bonchev–Trinajstić information content (AvgIpc) is 2.83. The van der Waals surface area contributed by atoms with Crippen LogP contribution in [0.25, 0.3) is 11.3 Å². The largest absolute Gasteiger partial charge is 0.484 e. The van der Waals surface area contributed by atoms with Crippen molar-refractivity contribution in [1.29, 1.82) is 0 Å². The molecule has 1 amide bonds. The molecule has 1 fully saturated rings. The van der Waals surface area contributed by atoms with Gasteiger partial charge < -0.3 is 9.64 Å². The number of amides is 1. The number of aromatic nitrogens is 2. The van der Waals surface area contributed by atoms with Crippen molar-refractivity contribution in [3.8, 4) is 17.0 Å². The minimum atomic E-state index is -4.41. The second-order valence-corrected chi connectivity index (χ2v) is 7.66. The maximum absolute atomic E-state index is 13.0. The van der Waals surface area contributed by atoms with E-state index in [1.165, 1.54) is 12.3 Å². The van der Waals surface area contributed by atoms with E-state index in [0.29, 0.717) is 42.9 Å². The zero-order valence-electron chi connectivity index (χ0n) is 17.3. The summed E-state index contributed by atoms with van der Waals surface area (Å²) in [4.78, 5) is 23.0. The summed E-state index contributed by atoms with van der Waals surface area (Å²) in [6.45, 7) is 1.12. The van der Waals surface area contributed by atoms with Gasteiger partial charge in [-0.05, 0) is 37.1 Å². The quantitative estimate of drug-likeness (QED) is 0.562. The van der Waals surface area contributed by atoms with E-state index in [4.69, 9.17) is 4.74 Å². The number of hydrogen-bond donors (Lipinski definition) is 0. The first kappa shape index (κ1) is 21.8. The van der Waals surface area contributed by atoms with Crippen LogP contribution in [-0.2, 0) is 11.0 Å². The number of carbonyl (C=O) groups excluding carboxylic acids is 1. The Morgan fingerprint density at radius 3 is 2.50 bits per heavy atom. The molecule has 0 saturated carbocycles. The molecule has 0 spiro atoms. The predicted octanol–water partition coefficient (Wildman–Crippen LogP) is 4.95. The number of halogens is 3. The van der Waals surface area contributed by atoms with E-state index in [9.17, 15) is 18.0 Å². The number of para-hydroxylation sites is 1. The lowest BCUT2D eigenvalue weighted by atomic mass is 9.93. The number of piperidine rings is 1. The van der Waals surface area contributed by atoms with Gasteiger partial charge in [0, 0.05) is 30.8 Å². The fraction of sp³-hybridized carbons (Fsp3) is 0.292. The molecule has 4 rings (SSSR count). The Morgan fingerprint density at radius 2 is 1.78 bits per heavy atom. The van der Waals surface area contributed by atoms with E-state index < -0.39 is 11.7 Å². The lowest BCUT2D eigenvalue weighted by Gasteiger charge is -2.31. The van der Waals surface area contributed by atoms with Crippen molar-refractivity contribution in [3.05, 3.63) is 78.2 Å². The molecule has 1 aliphatic rings. The fourth-order valence-electron chi connectivity index (χ4n) is 3.75. The zero-order valence-corrected chi connectivity index (χ0v) is 17.3. The highest BCUT2D eigenvalue weighted by Crippen LogP contribution is 2.32. The summed E-state index contributed by atoms with van der Waals surface area (Å²) < 4.78 is 44.6. The molecule has 0 unspecified atom stereocenters. The lowest BCUT2D eigenvalue weighted by molar-refractivity contribution is -0.137. The van der Waals surface area contributed by atoms with Crippen LogP contribution in [0.15, 0.2) is 67.0 Å². The minimum absolute atomic E-state index is 0.0144. The molecule has 3 aromatic rings. The van der Waals surface area contributed by atoms with E-state index >= 15 is 0 Å². The van der Waals surface area contributed by atoms with Gasteiger partial charge >= 0.3 is 6.18 Å². The summed E-state index contributed by atoms with van der Waals surface area (Å²) in [5, 5.41) is 0. The van der Waals surface area contributed by atoms with Crippen molar-refractivity contribution >= 4 is 5.91 Å². The Hall–Kier alpha value is -3.42. The number of likely N-dealkylation sites (tertiary alicyclic amines) is 1. The van der Waals surface area contributed by atoms with Crippen molar-refractivity contribution < 1.29 is 22.7 Å². The first-order valence-corrected chi connectivity index (χ1v) is 10.4. The molecule has 166 valence electrons. The second-order valence-electron chi connectivity index (χ2n) is 7.66. The van der Waals surface area contributed by atoms with E-state index in [1.807, 2.05) is 18.2 Å². The third-order valence-corrected chi connectivity index (χ3v) is 5.51. The van der Waals surface area contributed by atoms with Gasteiger partial charge in [0.25, 0.3) is 5.91 Å². The van der Waals surface area contributed by atoms with Gasteiger partial charge in [0.15, 0.2) is 6.61 Å². The minimum Gasteiger partial charge on any atom is -0.484 e. The van der Waals surface area contributed by atoms with Gasteiger partial charge in [0.05, 0.1) is 23.1 Å². The first-order valence-electron chi connectivity index (χ1n) is 10.4. The molecule has 0 bridgehead atoms. The molecule has 2 aromatic carbocycles. The molecule has 0 aliphatic carbocycles. The normalized spacial score (nSPS) is 14.9. The van der Waals surface area contributed by atoms with Gasteiger partial charge in [-0.25, -0.2) is 4.98 Å². The standard InChI is InChI=1S/C24H22F3N3O2/c25-24(26,27)19-6-4-5-18(13-19)22-15-28-14-21(29-22)17-9-11-30(12-10-17)23(31)16-32-20-7-2-1-3-8-20/h1-8,13-15,17H,9-12,16H2. The first-order chi connectivity index (χ1) is 15.4. The van der Waals surface area contributed by atoms with Crippen LogP contribution in [0.5, 0.6) is 5.75 Å². The van der Waals surface area contributed by atoms with Crippen molar-refractivity contribution in [2.24, 2.45) is 0 Å². The Bertz CT molecular complexity index is 1070. The highest BCUT2D eigenvalue weighted by Gasteiger charge is 2.31. The molecule has 0 N–H and O–H groups in total. The molecule has 1 aromatic heterocycles. The van der Waals surface area contributed by atoms with Gasteiger partial charge in [0.1, 0.15) is 5.75 Å². The van der Waals surface area contributed by atoms with E-state index in [-0.39, 0.29) is 18.4 Å². The topological polar surface area (TPSA) is 55.3 Å². The highest BCUT2D eigenvalue weighted by molar-refractivity contribution is 5.77. The Labute approximate surface area is 183 Å². The fourth-order valence-corrected chi connectivity index (χ4v) is 3.75. The van der Waals surface area contributed by atoms with Crippen LogP contribution in [0, 0.1) is 0 Å². The summed E-state index contributed by atoms with van der Waals surface area (Å²) in [5.41, 5.74) is 0.794. The summed E-state index contributed by atoms with van der Waals surface area (Å²) in [6, 6.07) is 14.3. The Kier molecular flexibility index (Phi) is 6.39. The summed E-state index contributed by atoms with van der Waals surface area (Å²) >= 11 is 0. The maximum atomic E-state index is 13.0. The molecule has 8 heteroatoms. The number of benzene rings is 2. The van der Waals surface area contributed by atoms with E-state index in [0.717, 1.165) is 17.8 Å². The average molecular weight is 441 g/mol. The molecular formula is C24H22F3N3O2. The monoisotopic (exact) mass is 441 g/mol.